The predicted molar refractivity (Wildman–Crippen MR) is 128 cm³/mol. The smallest absolute Gasteiger partial charge is 0.312 e. The fraction of sp³-hybridized carbons (Fsp3) is 0.480. The number of halogens is 2. The van der Waals surface area contributed by atoms with Crippen LogP contribution in [0.3, 0.4) is 0 Å². The summed E-state index contributed by atoms with van der Waals surface area (Å²) in [6.45, 7) is 1.18. The summed E-state index contributed by atoms with van der Waals surface area (Å²) in [5.74, 6) is -4.31. The van der Waals surface area contributed by atoms with Gasteiger partial charge < -0.3 is 20.2 Å². The minimum atomic E-state index is -1.87. The average molecular weight is 518 g/mol. The lowest BCUT2D eigenvalue weighted by atomic mass is 9.77. The van der Waals surface area contributed by atoms with Crippen molar-refractivity contribution in [1.82, 2.24) is 24.7 Å². The second-order valence-corrected chi connectivity index (χ2v) is 10.0. The number of alkyl halides is 1. The summed E-state index contributed by atoms with van der Waals surface area (Å²) >= 11 is 0. The molecule has 2 bridgehead atoms. The summed E-state index contributed by atoms with van der Waals surface area (Å²) in [6.07, 6.45) is 0.185. The molecular weight excluding hydrogens is 488 g/mol. The van der Waals surface area contributed by atoms with E-state index in [4.69, 9.17) is 0 Å². The highest BCUT2D eigenvalue weighted by Crippen LogP contribution is 2.46. The van der Waals surface area contributed by atoms with Gasteiger partial charge in [0.2, 0.25) is 5.75 Å². The van der Waals surface area contributed by atoms with Crippen LogP contribution in [0.1, 0.15) is 52.6 Å². The van der Waals surface area contributed by atoms with Crippen molar-refractivity contribution >= 4 is 17.7 Å². The minimum absolute atomic E-state index is 0.0109. The average Bonchev–Trinajstić information content (AvgIpc) is 3.08. The highest BCUT2D eigenvalue weighted by molar-refractivity contribution is 6.34. The molecule has 198 valence electrons. The summed E-state index contributed by atoms with van der Waals surface area (Å²) in [6, 6.07) is 3.52. The first-order chi connectivity index (χ1) is 17.3. The molecule has 0 radical (unpaired) electrons. The number of aromatic nitrogens is 2. The SMILES string of the molecule is Cc1cc(CNC(=O)c2nc3n(c(=O)c2O)CC2(F)CCC3C(N(C)C(=O)C(=O)N(C)C)C2)ccc1F. The predicted octanol–water partition coefficient (Wildman–Crippen LogP) is 1.23. The van der Waals surface area contributed by atoms with E-state index in [9.17, 15) is 28.7 Å². The topological polar surface area (TPSA) is 125 Å². The van der Waals surface area contributed by atoms with Gasteiger partial charge in [-0.05, 0) is 37.0 Å². The Hall–Kier alpha value is -3.83. The number of nitrogens with zero attached hydrogens (tertiary/aromatic N) is 4. The number of carbonyl (C=O) groups excluding carboxylic acids is 3. The standard InChI is InChI=1S/C25H29F2N5O5/c1-13-9-14(5-6-16(13)26)11-28-21(34)18-19(33)22(35)32-12-25(27)8-7-15(20(32)29-18)17(10-25)31(4)24(37)23(36)30(2)3/h5-6,9,15,17,33H,7-8,10-12H2,1-4H3,(H,28,34). The van der Waals surface area contributed by atoms with Crippen molar-refractivity contribution in [2.24, 2.45) is 0 Å². The van der Waals surface area contributed by atoms with Crippen molar-refractivity contribution in [1.29, 1.82) is 0 Å². The third-order valence-corrected chi connectivity index (χ3v) is 7.19. The monoisotopic (exact) mass is 517 g/mol. The maximum Gasteiger partial charge on any atom is 0.312 e. The van der Waals surface area contributed by atoms with Gasteiger partial charge in [0.1, 0.15) is 17.3 Å². The van der Waals surface area contributed by atoms with E-state index in [2.05, 4.69) is 10.3 Å². The highest BCUT2D eigenvalue weighted by Gasteiger charge is 2.50. The molecule has 1 aromatic heterocycles. The number of aryl methyl sites for hydroxylation is 1. The molecule has 10 nitrogen and oxygen atoms in total. The van der Waals surface area contributed by atoms with Crippen LogP contribution in [0.2, 0.25) is 0 Å². The van der Waals surface area contributed by atoms with E-state index < -0.39 is 58.9 Å². The number of hydrogen-bond acceptors (Lipinski definition) is 6. The Balaban J connectivity index is 1.68. The van der Waals surface area contributed by atoms with E-state index in [0.29, 0.717) is 11.1 Å². The molecule has 2 N–H and O–H groups in total. The van der Waals surface area contributed by atoms with Crippen molar-refractivity contribution in [2.45, 2.75) is 56.9 Å². The zero-order valence-corrected chi connectivity index (χ0v) is 21.0. The second kappa shape index (κ2) is 9.56. The lowest BCUT2D eigenvalue weighted by Gasteiger charge is -2.40. The van der Waals surface area contributed by atoms with Gasteiger partial charge in [-0.3, -0.25) is 23.7 Å². The number of fused-ring (bicyclic) bond motifs is 2. The maximum atomic E-state index is 15.8. The van der Waals surface area contributed by atoms with Crippen LogP contribution in [0.15, 0.2) is 23.0 Å². The quantitative estimate of drug-likeness (QED) is 0.588. The van der Waals surface area contributed by atoms with Crippen LogP contribution in [-0.2, 0) is 22.7 Å². The molecule has 0 spiro atoms. The van der Waals surface area contributed by atoms with Crippen molar-refractivity contribution in [3.8, 4) is 5.75 Å². The first kappa shape index (κ1) is 26.2. The number of benzene rings is 1. The highest BCUT2D eigenvalue weighted by atomic mass is 19.1. The van der Waals surface area contributed by atoms with Gasteiger partial charge in [-0.25, -0.2) is 13.8 Å². The molecule has 3 unspecified atom stereocenters. The zero-order chi connectivity index (χ0) is 27.2. The lowest BCUT2D eigenvalue weighted by Crippen LogP contribution is -2.51. The molecule has 1 aromatic carbocycles. The van der Waals surface area contributed by atoms with E-state index >= 15 is 4.39 Å². The number of hydrogen-bond donors (Lipinski definition) is 2. The molecule has 5 rings (SSSR count). The van der Waals surface area contributed by atoms with Gasteiger partial charge in [0.05, 0.1) is 6.54 Å². The maximum absolute atomic E-state index is 15.8. The number of carbonyl (C=O) groups is 3. The molecule has 1 aliphatic carbocycles. The van der Waals surface area contributed by atoms with Gasteiger partial charge >= 0.3 is 11.8 Å². The van der Waals surface area contributed by atoms with Gasteiger partial charge in [0.25, 0.3) is 11.5 Å². The molecule has 2 aliphatic heterocycles. The summed E-state index contributed by atoms with van der Waals surface area (Å²) < 4.78 is 30.4. The van der Waals surface area contributed by atoms with E-state index in [0.717, 1.165) is 9.47 Å². The van der Waals surface area contributed by atoms with E-state index in [1.807, 2.05) is 0 Å². The van der Waals surface area contributed by atoms with Crippen LogP contribution >= 0.6 is 0 Å². The van der Waals surface area contributed by atoms with Crippen LogP contribution in [0.25, 0.3) is 0 Å². The summed E-state index contributed by atoms with van der Waals surface area (Å²) in [4.78, 5) is 57.6. The van der Waals surface area contributed by atoms with Crippen LogP contribution < -0.4 is 10.9 Å². The fourth-order valence-corrected chi connectivity index (χ4v) is 5.09. The van der Waals surface area contributed by atoms with Crippen LogP contribution in [0.5, 0.6) is 5.75 Å². The first-order valence-electron chi connectivity index (χ1n) is 11.9. The Morgan fingerprint density at radius 3 is 2.59 bits per heavy atom. The molecule has 37 heavy (non-hydrogen) atoms. The molecule has 3 heterocycles. The molecule has 12 heteroatoms. The van der Waals surface area contributed by atoms with E-state index in [-0.39, 0.29) is 37.4 Å². The van der Waals surface area contributed by atoms with Crippen molar-refractivity contribution in [3.63, 3.8) is 0 Å². The Bertz CT molecular complexity index is 1340. The number of likely N-dealkylation sites (N-methyl/N-ethyl adjacent to an activating group) is 2. The second-order valence-electron chi connectivity index (χ2n) is 10.0. The third-order valence-electron chi connectivity index (χ3n) is 7.19. The Kier molecular flexibility index (Phi) is 6.78. The van der Waals surface area contributed by atoms with Gasteiger partial charge in [-0.1, -0.05) is 12.1 Å². The van der Waals surface area contributed by atoms with Crippen LogP contribution in [0.4, 0.5) is 8.78 Å². The van der Waals surface area contributed by atoms with Crippen LogP contribution in [0, 0.1) is 12.7 Å². The molecule has 2 aromatic rings. The summed E-state index contributed by atoms with van der Waals surface area (Å²) in [5, 5.41) is 13.1. The normalized spacial score (nSPS) is 22.1. The molecule has 0 saturated heterocycles. The molecule has 3 atom stereocenters. The largest absolute Gasteiger partial charge is 0.501 e. The lowest BCUT2D eigenvalue weighted by molar-refractivity contribution is -0.152. The molecule has 1 saturated carbocycles. The minimum Gasteiger partial charge on any atom is -0.501 e. The van der Waals surface area contributed by atoms with Crippen LogP contribution in [-0.4, -0.2) is 75.0 Å². The van der Waals surface area contributed by atoms with Crippen molar-refractivity contribution < 1.29 is 28.3 Å². The van der Waals surface area contributed by atoms with Gasteiger partial charge in [0.15, 0.2) is 5.69 Å². The number of amides is 3. The number of rotatable bonds is 4. The van der Waals surface area contributed by atoms with E-state index in [1.54, 1.807) is 13.0 Å². The van der Waals surface area contributed by atoms with Gasteiger partial charge in [-0.2, -0.15) is 0 Å². The first-order valence-corrected chi connectivity index (χ1v) is 11.9. The Labute approximate surface area is 211 Å². The number of nitrogens with one attached hydrogen (secondary N) is 1. The summed E-state index contributed by atoms with van der Waals surface area (Å²) in [5.41, 5.74) is -2.36. The zero-order valence-electron chi connectivity index (χ0n) is 21.0. The number of aromatic hydroxyl groups is 1. The molecule has 3 amide bonds. The van der Waals surface area contributed by atoms with E-state index in [1.165, 1.54) is 38.2 Å². The Morgan fingerprint density at radius 1 is 1.24 bits per heavy atom. The molecule has 1 fully saturated rings. The van der Waals surface area contributed by atoms with Crippen molar-refractivity contribution in [2.75, 3.05) is 21.1 Å². The fourth-order valence-electron chi connectivity index (χ4n) is 5.09. The van der Waals surface area contributed by atoms with Crippen molar-refractivity contribution in [3.05, 3.63) is 57.0 Å². The Morgan fingerprint density at radius 2 is 1.95 bits per heavy atom. The third kappa shape index (κ3) is 4.79. The van der Waals surface area contributed by atoms with Gasteiger partial charge in [-0.15, -0.1) is 0 Å². The summed E-state index contributed by atoms with van der Waals surface area (Å²) in [7, 11) is 4.27. The van der Waals surface area contributed by atoms with Gasteiger partial charge in [0, 0.05) is 46.1 Å². The molecular formula is C25H29F2N5O5. The molecule has 3 aliphatic rings.